The van der Waals surface area contributed by atoms with Gasteiger partial charge in [0.05, 0.1) is 5.25 Å². The number of thioether (sulfide) groups is 1. The highest BCUT2D eigenvalue weighted by molar-refractivity contribution is 8.00. The molecule has 1 atom stereocenters. The Bertz CT molecular complexity index is 727. The van der Waals surface area contributed by atoms with Crippen LogP contribution in [0, 0.1) is 5.92 Å². The predicted octanol–water partition coefficient (Wildman–Crippen LogP) is 3.93. The minimum Gasteiger partial charge on any atom is -0.355 e. The molecule has 0 spiro atoms. The lowest BCUT2D eigenvalue weighted by Gasteiger charge is -2.22. The number of aromatic nitrogens is 4. The van der Waals surface area contributed by atoms with Crippen LogP contribution in [0.1, 0.15) is 52.4 Å². The van der Waals surface area contributed by atoms with Crippen molar-refractivity contribution in [3.05, 3.63) is 24.5 Å². The molecule has 2 aromatic rings. The summed E-state index contributed by atoms with van der Waals surface area (Å²) in [5.74, 6) is 1.56. The summed E-state index contributed by atoms with van der Waals surface area (Å²) in [7, 11) is 0. The number of carbonyl (C=O) groups excluding carboxylic acids is 1. The van der Waals surface area contributed by atoms with Crippen LogP contribution in [0.4, 0.5) is 0 Å². The second kappa shape index (κ2) is 9.88. The highest BCUT2D eigenvalue weighted by Crippen LogP contribution is 2.27. The lowest BCUT2D eigenvalue weighted by Crippen LogP contribution is -2.35. The van der Waals surface area contributed by atoms with E-state index in [0.29, 0.717) is 5.92 Å². The van der Waals surface area contributed by atoms with Crippen molar-refractivity contribution in [2.24, 2.45) is 5.92 Å². The molecule has 3 rings (SSSR count). The quantitative estimate of drug-likeness (QED) is 0.695. The molecule has 7 heteroatoms. The Kier molecular flexibility index (Phi) is 7.26. The van der Waals surface area contributed by atoms with E-state index in [4.69, 9.17) is 0 Å². The standard InChI is InChI=1S/C20H29N5OS/c1-3-13-25-18(17-9-11-21-12-10-17)23-24-20(25)27-15(2)19(26)22-14-16-7-5-4-6-8-16/h9-12,15-16H,3-8,13-14H2,1-2H3,(H,22,26). The SMILES string of the molecule is CCCn1c(SC(C)C(=O)NCC2CCCCC2)nnc1-c1ccncc1. The molecule has 1 aliphatic carbocycles. The molecule has 146 valence electrons. The Morgan fingerprint density at radius 3 is 2.70 bits per heavy atom. The Labute approximate surface area is 165 Å². The highest BCUT2D eigenvalue weighted by atomic mass is 32.2. The molecule has 1 fully saturated rings. The normalized spacial score (nSPS) is 16.2. The molecule has 0 aliphatic heterocycles. The summed E-state index contributed by atoms with van der Waals surface area (Å²) in [6.07, 6.45) is 10.9. The van der Waals surface area contributed by atoms with E-state index in [9.17, 15) is 4.79 Å². The lowest BCUT2D eigenvalue weighted by atomic mass is 9.89. The van der Waals surface area contributed by atoms with Crippen molar-refractivity contribution in [3.8, 4) is 11.4 Å². The van der Waals surface area contributed by atoms with Crippen molar-refractivity contribution >= 4 is 17.7 Å². The zero-order chi connectivity index (χ0) is 19.1. The summed E-state index contributed by atoms with van der Waals surface area (Å²) in [6.45, 7) is 5.69. The van der Waals surface area contributed by atoms with Crippen molar-refractivity contribution in [3.63, 3.8) is 0 Å². The van der Waals surface area contributed by atoms with Gasteiger partial charge in [0.25, 0.3) is 0 Å². The molecule has 1 aliphatic rings. The Balaban J connectivity index is 1.63. The first-order valence-corrected chi connectivity index (χ1v) is 10.8. The summed E-state index contributed by atoms with van der Waals surface area (Å²) < 4.78 is 2.10. The van der Waals surface area contributed by atoms with Gasteiger partial charge in [-0.05, 0) is 44.2 Å². The van der Waals surface area contributed by atoms with Crippen molar-refractivity contribution in [1.82, 2.24) is 25.1 Å². The van der Waals surface area contributed by atoms with Crippen LogP contribution in [-0.2, 0) is 11.3 Å². The number of hydrogen-bond donors (Lipinski definition) is 1. The van der Waals surface area contributed by atoms with Gasteiger partial charge in [-0.15, -0.1) is 10.2 Å². The monoisotopic (exact) mass is 387 g/mol. The first-order chi connectivity index (χ1) is 13.2. The van der Waals surface area contributed by atoms with Crippen LogP contribution in [0.15, 0.2) is 29.7 Å². The predicted molar refractivity (Wildman–Crippen MR) is 108 cm³/mol. The Morgan fingerprint density at radius 2 is 2.00 bits per heavy atom. The third-order valence-electron chi connectivity index (χ3n) is 5.04. The van der Waals surface area contributed by atoms with Gasteiger partial charge < -0.3 is 9.88 Å². The Hall–Kier alpha value is -1.89. The van der Waals surface area contributed by atoms with Gasteiger partial charge in [0.2, 0.25) is 5.91 Å². The van der Waals surface area contributed by atoms with Gasteiger partial charge in [-0.3, -0.25) is 9.78 Å². The molecule has 1 unspecified atom stereocenters. The number of carbonyl (C=O) groups is 1. The van der Waals surface area contributed by atoms with Crippen LogP contribution in [-0.4, -0.2) is 37.5 Å². The van der Waals surface area contributed by atoms with E-state index in [1.807, 2.05) is 19.1 Å². The van der Waals surface area contributed by atoms with Gasteiger partial charge in [-0.25, -0.2) is 0 Å². The van der Waals surface area contributed by atoms with E-state index in [-0.39, 0.29) is 11.2 Å². The molecule has 1 amide bonds. The first-order valence-electron chi connectivity index (χ1n) is 9.97. The molecular formula is C20H29N5OS. The van der Waals surface area contributed by atoms with Gasteiger partial charge in [-0.1, -0.05) is 37.9 Å². The maximum Gasteiger partial charge on any atom is 0.233 e. The van der Waals surface area contributed by atoms with Crippen LogP contribution in [0.5, 0.6) is 0 Å². The molecule has 1 N–H and O–H groups in total. The molecule has 2 aromatic heterocycles. The average Bonchev–Trinajstić information content (AvgIpc) is 3.10. The lowest BCUT2D eigenvalue weighted by molar-refractivity contribution is -0.120. The molecule has 1 saturated carbocycles. The van der Waals surface area contributed by atoms with Crippen molar-refractivity contribution < 1.29 is 4.79 Å². The minimum atomic E-state index is -0.196. The fourth-order valence-corrected chi connectivity index (χ4v) is 4.41. The second-order valence-electron chi connectivity index (χ2n) is 7.20. The third kappa shape index (κ3) is 5.31. The summed E-state index contributed by atoms with van der Waals surface area (Å²) in [6, 6.07) is 3.87. The topological polar surface area (TPSA) is 72.7 Å². The van der Waals surface area contributed by atoms with Crippen LogP contribution >= 0.6 is 11.8 Å². The molecule has 0 radical (unpaired) electrons. The molecule has 27 heavy (non-hydrogen) atoms. The van der Waals surface area contributed by atoms with Crippen LogP contribution < -0.4 is 5.32 Å². The zero-order valence-electron chi connectivity index (χ0n) is 16.2. The average molecular weight is 388 g/mol. The van der Waals surface area contributed by atoms with Gasteiger partial charge in [0, 0.05) is 31.0 Å². The smallest absolute Gasteiger partial charge is 0.233 e. The fraction of sp³-hybridized carbons (Fsp3) is 0.600. The van der Waals surface area contributed by atoms with Crippen molar-refractivity contribution in [2.45, 2.75) is 69.3 Å². The first kappa shape index (κ1) is 19.9. The number of nitrogens with one attached hydrogen (secondary N) is 1. The maximum absolute atomic E-state index is 12.5. The van der Waals surface area contributed by atoms with Crippen LogP contribution in [0.2, 0.25) is 0 Å². The third-order valence-corrected chi connectivity index (χ3v) is 6.12. The van der Waals surface area contributed by atoms with E-state index in [1.165, 1.54) is 43.9 Å². The number of hydrogen-bond acceptors (Lipinski definition) is 5. The summed E-state index contributed by atoms with van der Waals surface area (Å²) >= 11 is 1.48. The molecule has 0 aromatic carbocycles. The Morgan fingerprint density at radius 1 is 1.26 bits per heavy atom. The van der Waals surface area contributed by atoms with Crippen molar-refractivity contribution in [1.29, 1.82) is 0 Å². The summed E-state index contributed by atoms with van der Waals surface area (Å²) in [4.78, 5) is 16.6. The zero-order valence-corrected chi connectivity index (χ0v) is 17.0. The summed E-state index contributed by atoms with van der Waals surface area (Å²) in [5.41, 5.74) is 0.993. The van der Waals surface area contributed by atoms with E-state index in [1.54, 1.807) is 12.4 Å². The van der Waals surface area contributed by atoms with Crippen LogP contribution in [0.3, 0.4) is 0 Å². The van der Waals surface area contributed by atoms with E-state index >= 15 is 0 Å². The van der Waals surface area contributed by atoms with Crippen LogP contribution in [0.25, 0.3) is 11.4 Å². The maximum atomic E-state index is 12.5. The number of amides is 1. The van der Waals surface area contributed by atoms with Gasteiger partial charge in [0.15, 0.2) is 11.0 Å². The highest BCUT2D eigenvalue weighted by Gasteiger charge is 2.22. The molecular weight excluding hydrogens is 358 g/mol. The van der Waals surface area contributed by atoms with E-state index < -0.39 is 0 Å². The number of pyridine rings is 1. The number of nitrogens with zero attached hydrogens (tertiary/aromatic N) is 4. The minimum absolute atomic E-state index is 0.0853. The number of rotatable bonds is 8. The molecule has 0 saturated heterocycles. The molecule has 0 bridgehead atoms. The summed E-state index contributed by atoms with van der Waals surface area (Å²) in [5, 5.41) is 12.5. The fourth-order valence-electron chi connectivity index (χ4n) is 3.51. The van der Waals surface area contributed by atoms with Gasteiger partial charge in [0.1, 0.15) is 0 Å². The van der Waals surface area contributed by atoms with E-state index in [0.717, 1.165) is 36.1 Å². The molecule has 6 nitrogen and oxygen atoms in total. The van der Waals surface area contributed by atoms with E-state index in [2.05, 4.69) is 32.0 Å². The van der Waals surface area contributed by atoms with Gasteiger partial charge in [-0.2, -0.15) is 0 Å². The van der Waals surface area contributed by atoms with Crippen molar-refractivity contribution in [2.75, 3.05) is 6.54 Å². The largest absolute Gasteiger partial charge is 0.355 e. The second-order valence-corrected chi connectivity index (χ2v) is 8.51. The van der Waals surface area contributed by atoms with Gasteiger partial charge >= 0.3 is 0 Å². The molecule has 2 heterocycles.